The Morgan fingerprint density at radius 2 is 2.00 bits per heavy atom. The molecule has 0 radical (unpaired) electrons. The molecule has 5 heteroatoms. The van der Waals surface area contributed by atoms with Crippen LogP contribution in [-0.4, -0.2) is 31.6 Å². The van der Waals surface area contributed by atoms with Crippen LogP contribution in [0.25, 0.3) is 0 Å². The van der Waals surface area contributed by atoms with Gasteiger partial charge in [-0.25, -0.2) is 8.42 Å². The third kappa shape index (κ3) is 1.74. The monoisotopic (exact) mass is 251 g/mol. The Labute approximate surface area is 100 Å². The maximum Gasteiger partial charge on any atom is 0.152 e. The Balaban J connectivity index is 2.47. The average Bonchev–Trinajstić information content (AvgIpc) is 3.00. The Hall–Kier alpha value is -1.38. The van der Waals surface area contributed by atoms with Gasteiger partial charge in [0.15, 0.2) is 9.84 Å². The van der Waals surface area contributed by atoms with Crippen LogP contribution < -0.4 is 0 Å². The molecule has 1 fully saturated rings. The van der Waals surface area contributed by atoms with Gasteiger partial charge in [0.2, 0.25) is 0 Å². The van der Waals surface area contributed by atoms with Gasteiger partial charge in [0.1, 0.15) is 5.41 Å². The Morgan fingerprint density at radius 1 is 1.41 bits per heavy atom. The fraction of sp³-hybridized carbons (Fsp3) is 0.417. The van der Waals surface area contributed by atoms with E-state index in [2.05, 4.69) is 0 Å². The lowest BCUT2D eigenvalue weighted by Crippen LogP contribution is -2.16. The molecule has 17 heavy (non-hydrogen) atoms. The molecule has 90 valence electrons. The zero-order valence-corrected chi connectivity index (χ0v) is 10.2. The molecule has 1 N–H and O–H groups in total. The highest BCUT2D eigenvalue weighted by Gasteiger charge is 2.70. The van der Waals surface area contributed by atoms with Gasteiger partial charge in [0.05, 0.1) is 17.9 Å². The third-order valence-corrected chi connectivity index (χ3v) is 4.96. The summed E-state index contributed by atoms with van der Waals surface area (Å²) in [6, 6.07) is 11.0. The van der Waals surface area contributed by atoms with Gasteiger partial charge in [-0.15, -0.1) is 0 Å². The van der Waals surface area contributed by atoms with Gasteiger partial charge in [-0.1, -0.05) is 30.3 Å². The number of hydrogen-bond acceptors (Lipinski definition) is 4. The van der Waals surface area contributed by atoms with E-state index in [0.29, 0.717) is 0 Å². The highest BCUT2D eigenvalue weighted by atomic mass is 32.2. The van der Waals surface area contributed by atoms with Crippen LogP contribution in [0.3, 0.4) is 0 Å². The summed E-state index contributed by atoms with van der Waals surface area (Å²) in [6.45, 7) is -0.430. The number of hydrogen-bond donors (Lipinski definition) is 1. The third-order valence-electron chi connectivity index (χ3n) is 3.35. The van der Waals surface area contributed by atoms with Crippen molar-refractivity contribution in [3.63, 3.8) is 0 Å². The molecule has 0 aromatic heterocycles. The van der Waals surface area contributed by atoms with Crippen molar-refractivity contribution in [2.45, 2.75) is 11.2 Å². The van der Waals surface area contributed by atoms with E-state index in [-0.39, 0.29) is 0 Å². The topological polar surface area (TPSA) is 78.2 Å². The molecule has 1 aromatic carbocycles. The summed E-state index contributed by atoms with van der Waals surface area (Å²) in [5, 5.41) is 17.7. The van der Waals surface area contributed by atoms with Crippen molar-refractivity contribution < 1.29 is 13.5 Å². The van der Waals surface area contributed by atoms with Crippen LogP contribution in [0.1, 0.15) is 11.5 Å². The fourth-order valence-electron chi connectivity index (χ4n) is 2.52. The van der Waals surface area contributed by atoms with Crippen LogP contribution in [0.15, 0.2) is 30.3 Å². The number of nitrogens with zero attached hydrogens (tertiary/aromatic N) is 1. The van der Waals surface area contributed by atoms with Crippen LogP contribution in [0.4, 0.5) is 0 Å². The second-order valence-electron chi connectivity index (χ2n) is 4.45. The molecule has 0 unspecified atom stereocenters. The molecule has 1 aliphatic carbocycles. The van der Waals surface area contributed by atoms with Crippen molar-refractivity contribution in [2.24, 2.45) is 5.41 Å². The molecule has 0 heterocycles. The minimum absolute atomic E-state index is 0.423. The molecule has 3 atom stereocenters. The number of rotatable bonds is 3. The first-order valence-corrected chi connectivity index (χ1v) is 7.19. The summed E-state index contributed by atoms with van der Waals surface area (Å²) >= 11 is 0. The maximum atomic E-state index is 11.6. The Kier molecular flexibility index (Phi) is 2.72. The summed E-state index contributed by atoms with van der Waals surface area (Å²) < 4.78 is 23.3. The van der Waals surface area contributed by atoms with Gasteiger partial charge in [0, 0.05) is 12.2 Å². The van der Waals surface area contributed by atoms with E-state index >= 15 is 0 Å². The van der Waals surface area contributed by atoms with Gasteiger partial charge < -0.3 is 5.11 Å². The molecule has 0 spiro atoms. The van der Waals surface area contributed by atoms with E-state index in [0.717, 1.165) is 11.8 Å². The van der Waals surface area contributed by atoms with Crippen LogP contribution in [0.2, 0.25) is 0 Å². The molecule has 0 amide bonds. The van der Waals surface area contributed by atoms with E-state index in [1.54, 1.807) is 24.3 Å². The van der Waals surface area contributed by atoms with Crippen molar-refractivity contribution in [1.29, 1.82) is 5.26 Å². The first-order chi connectivity index (χ1) is 7.97. The summed E-state index contributed by atoms with van der Waals surface area (Å²) in [5.41, 5.74) is -0.381. The standard InChI is InChI=1S/C12H13NO3S/c1-17(15,16)11-10(12(11,7-13)8-14)9-5-3-2-4-6-9/h2-6,10-11,14H,8H2,1H3/t10-,11-,12+/m1/s1. The lowest BCUT2D eigenvalue weighted by molar-refractivity contribution is 0.242. The van der Waals surface area contributed by atoms with E-state index in [1.807, 2.05) is 12.1 Å². The van der Waals surface area contributed by atoms with Crippen molar-refractivity contribution in [2.75, 3.05) is 12.9 Å². The molecule has 0 bridgehead atoms. The lowest BCUT2D eigenvalue weighted by Gasteiger charge is -2.02. The molecule has 1 saturated carbocycles. The van der Waals surface area contributed by atoms with Crippen LogP contribution in [0, 0.1) is 16.7 Å². The average molecular weight is 251 g/mol. The second kappa shape index (κ2) is 3.83. The predicted molar refractivity (Wildman–Crippen MR) is 62.9 cm³/mol. The molecular weight excluding hydrogens is 238 g/mol. The first kappa shape index (κ1) is 12.1. The van der Waals surface area contributed by atoms with E-state index < -0.39 is 33.0 Å². The Morgan fingerprint density at radius 3 is 2.35 bits per heavy atom. The second-order valence-corrected chi connectivity index (χ2v) is 6.62. The normalized spacial score (nSPS) is 31.8. The largest absolute Gasteiger partial charge is 0.395 e. The molecular formula is C12H13NO3S. The number of nitriles is 1. The predicted octanol–water partition coefficient (Wildman–Crippen LogP) is 0.699. The summed E-state index contributed by atoms with van der Waals surface area (Å²) in [4.78, 5) is 0. The van der Waals surface area contributed by atoms with Gasteiger partial charge in [0.25, 0.3) is 0 Å². The highest BCUT2D eigenvalue weighted by Crippen LogP contribution is 2.62. The summed E-state index contributed by atoms with van der Waals surface area (Å²) in [6.07, 6.45) is 1.11. The SMILES string of the molecule is CS(=O)(=O)[C@@H]1[C@@H](c2ccccc2)[C@]1(C#N)CO. The summed E-state index contributed by atoms with van der Waals surface area (Å²) in [7, 11) is -3.34. The van der Waals surface area contributed by atoms with Crippen molar-refractivity contribution in [3.05, 3.63) is 35.9 Å². The van der Waals surface area contributed by atoms with E-state index in [4.69, 9.17) is 5.26 Å². The molecule has 0 aliphatic heterocycles. The smallest absolute Gasteiger partial charge is 0.152 e. The fourth-order valence-corrected chi connectivity index (χ4v) is 4.38. The minimum atomic E-state index is -3.34. The molecule has 0 saturated heterocycles. The number of sulfone groups is 1. The number of aliphatic hydroxyl groups is 1. The quantitative estimate of drug-likeness (QED) is 0.857. The zero-order valence-electron chi connectivity index (χ0n) is 9.37. The van der Waals surface area contributed by atoms with Crippen molar-refractivity contribution >= 4 is 9.84 Å². The molecule has 2 rings (SSSR count). The highest BCUT2D eigenvalue weighted by molar-refractivity contribution is 7.91. The van der Waals surface area contributed by atoms with Crippen molar-refractivity contribution in [1.82, 2.24) is 0 Å². The minimum Gasteiger partial charge on any atom is -0.395 e. The van der Waals surface area contributed by atoms with E-state index in [1.165, 1.54) is 0 Å². The van der Waals surface area contributed by atoms with E-state index in [9.17, 15) is 13.5 Å². The van der Waals surface area contributed by atoms with Crippen LogP contribution in [-0.2, 0) is 9.84 Å². The Bertz CT molecular complexity index is 561. The number of benzene rings is 1. The van der Waals surface area contributed by atoms with Gasteiger partial charge in [-0.3, -0.25) is 0 Å². The first-order valence-electron chi connectivity index (χ1n) is 5.23. The van der Waals surface area contributed by atoms with Gasteiger partial charge in [-0.2, -0.15) is 5.26 Å². The summed E-state index contributed by atoms with van der Waals surface area (Å²) in [5.74, 6) is -0.423. The van der Waals surface area contributed by atoms with Gasteiger partial charge >= 0.3 is 0 Å². The number of aliphatic hydroxyl groups excluding tert-OH is 1. The molecule has 1 aliphatic rings. The van der Waals surface area contributed by atoms with Gasteiger partial charge in [-0.05, 0) is 5.56 Å². The van der Waals surface area contributed by atoms with Crippen molar-refractivity contribution in [3.8, 4) is 6.07 Å². The molecule has 1 aromatic rings. The molecule has 4 nitrogen and oxygen atoms in total. The lowest BCUT2D eigenvalue weighted by atomic mass is 10.0. The van der Waals surface area contributed by atoms with Crippen LogP contribution >= 0.6 is 0 Å². The maximum absolute atomic E-state index is 11.6. The van der Waals surface area contributed by atoms with Crippen LogP contribution in [0.5, 0.6) is 0 Å². The zero-order chi connectivity index (χ0) is 12.7.